The highest BCUT2D eigenvalue weighted by atomic mass is 16.5. The van der Waals surface area contributed by atoms with E-state index in [2.05, 4.69) is 6.07 Å². The van der Waals surface area contributed by atoms with Crippen molar-refractivity contribution in [2.24, 2.45) is 0 Å². The zero-order valence-corrected chi connectivity index (χ0v) is 8.42. The molecular formula is C11H16NO. The molecule has 1 radical (unpaired) electrons. The van der Waals surface area contributed by atoms with Crippen LogP contribution in [0.25, 0.3) is 0 Å². The molecule has 0 bridgehead atoms. The van der Waals surface area contributed by atoms with Crippen LogP contribution in [0.3, 0.4) is 0 Å². The van der Waals surface area contributed by atoms with E-state index in [0.29, 0.717) is 6.61 Å². The zero-order chi connectivity index (χ0) is 9.84. The van der Waals surface area contributed by atoms with E-state index in [1.807, 2.05) is 32.9 Å². The summed E-state index contributed by atoms with van der Waals surface area (Å²) < 4.78 is 5.44. The van der Waals surface area contributed by atoms with E-state index in [1.165, 1.54) is 11.1 Å². The number of aryl methyl sites for hydroxylation is 2. The van der Waals surface area contributed by atoms with Gasteiger partial charge in [0.2, 0.25) is 0 Å². The average molecular weight is 178 g/mol. The molecule has 0 fully saturated rings. The molecule has 0 aliphatic heterocycles. The summed E-state index contributed by atoms with van der Waals surface area (Å²) in [4.78, 5) is 0. The van der Waals surface area contributed by atoms with Crippen LogP contribution in [0.2, 0.25) is 0 Å². The number of ether oxygens (including phenoxy) is 1. The third kappa shape index (κ3) is 3.47. The van der Waals surface area contributed by atoms with Crippen molar-refractivity contribution in [3.05, 3.63) is 29.3 Å². The van der Waals surface area contributed by atoms with Gasteiger partial charge in [0, 0.05) is 0 Å². The predicted octanol–water partition coefficient (Wildman–Crippen LogP) is 2.35. The second kappa shape index (κ2) is 4.28. The summed E-state index contributed by atoms with van der Waals surface area (Å²) in [5.41, 5.74) is 9.71. The van der Waals surface area contributed by atoms with Crippen LogP contribution in [0.1, 0.15) is 18.1 Å². The minimum Gasteiger partial charge on any atom is -0.492 e. The normalized spacial score (nSPS) is 12.6. The molecule has 0 heterocycles. The van der Waals surface area contributed by atoms with Crippen LogP contribution >= 0.6 is 0 Å². The molecule has 2 heteroatoms. The quantitative estimate of drug-likeness (QED) is 0.699. The Labute approximate surface area is 79.7 Å². The number of hydrogen-bond donors (Lipinski definition) is 0. The van der Waals surface area contributed by atoms with E-state index in [0.717, 1.165) is 5.75 Å². The summed E-state index contributed by atoms with van der Waals surface area (Å²) in [5, 5.41) is 0. The topological polar surface area (TPSA) is 33.0 Å². The molecular weight excluding hydrogens is 162 g/mol. The minimum atomic E-state index is -0.166. The lowest BCUT2D eigenvalue weighted by atomic mass is 10.1. The Morgan fingerprint density at radius 2 is 1.77 bits per heavy atom. The summed E-state index contributed by atoms with van der Waals surface area (Å²) in [6, 6.07) is 5.93. The highest BCUT2D eigenvalue weighted by Crippen LogP contribution is 2.16. The SMILES string of the molecule is Cc1cc(C)cc(OC[C@@H](C)[NH])c1. The summed E-state index contributed by atoms with van der Waals surface area (Å²) in [5.74, 6) is 0.872. The second-order valence-corrected chi connectivity index (χ2v) is 3.54. The molecule has 1 N–H and O–H groups in total. The van der Waals surface area contributed by atoms with Gasteiger partial charge in [0.05, 0.1) is 6.04 Å². The Kier molecular flexibility index (Phi) is 3.32. The van der Waals surface area contributed by atoms with Crippen molar-refractivity contribution < 1.29 is 4.74 Å². The smallest absolute Gasteiger partial charge is 0.119 e. The zero-order valence-electron chi connectivity index (χ0n) is 8.42. The van der Waals surface area contributed by atoms with Crippen molar-refractivity contribution in [2.45, 2.75) is 26.8 Å². The molecule has 0 aliphatic carbocycles. The molecule has 0 amide bonds. The van der Waals surface area contributed by atoms with Gasteiger partial charge >= 0.3 is 0 Å². The van der Waals surface area contributed by atoms with Gasteiger partial charge in [0.1, 0.15) is 12.4 Å². The van der Waals surface area contributed by atoms with Crippen LogP contribution in [0, 0.1) is 13.8 Å². The molecule has 2 nitrogen and oxygen atoms in total. The van der Waals surface area contributed by atoms with Gasteiger partial charge in [-0.1, -0.05) is 6.07 Å². The predicted molar refractivity (Wildman–Crippen MR) is 54.0 cm³/mol. The van der Waals surface area contributed by atoms with E-state index < -0.39 is 0 Å². The summed E-state index contributed by atoms with van der Waals surface area (Å²) >= 11 is 0. The van der Waals surface area contributed by atoms with Gasteiger partial charge in [-0.3, -0.25) is 5.73 Å². The fraction of sp³-hybridized carbons (Fsp3) is 0.455. The maximum absolute atomic E-state index is 7.31. The van der Waals surface area contributed by atoms with Crippen molar-refractivity contribution in [3.8, 4) is 5.75 Å². The standard InChI is InChI=1S/C11H16NO/c1-8-4-9(2)6-11(5-8)13-7-10(3)12/h4-6,10,12H,7H2,1-3H3/t10-/m1/s1. The Balaban J connectivity index is 2.66. The molecule has 71 valence electrons. The summed E-state index contributed by atoms with van der Waals surface area (Å²) in [6.07, 6.45) is 0. The first-order valence-electron chi connectivity index (χ1n) is 4.50. The third-order valence-electron chi connectivity index (χ3n) is 1.70. The largest absolute Gasteiger partial charge is 0.492 e. The Hall–Kier alpha value is -1.02. The molecule has 0 aliphatic rings. The van der Waals surface area contributed by atoms with E-state index in [-0.39, 0.29) is 6.04 Å². The van der Waals surface area contributed by atoms with E-state index in [9.17, 15) is 0 Å². The van der Waals surface area contributed by atoms with E-state index >= 15 is 0 Å². The average Bonchev–Trinajstić information content (AvgIpc) is 1.99. The molecule has 0 saturated carbocycles. The van der Waals surface area contributed by atoms with Gasteiger partial charge in [-0.2, -0.15) is 0 Å². The second-order valence-electron chi connectivity index (χ2n) is 3.54. The molecule has 1 atom stereocenters. The number of benzene rings is 1. The van der Waals surface area contributed by atoms with Crippen molar-refractivity contribution in [1.29, 1.82) is 0 Å². The fourth-order valence-electron chi connectivity index (χ4n) is 1.24. The van der Waals surface area contributed by atoms with E-state index in [1.54, 1.807) is 0 Å². The van der Waals surface area contributed by atoms with Gasteiger partial charge in [0.15, 0.2) is 0 Å². The van der Waals surface area contributed by atoms with Gasteiger partial charge in [-0.25, -0.2) is 0 Å². The van der Waals surface area contributed by atoms with Gasteiger partial charge < -0.3 is 4.74 Å². The Bertz CT molecular complexity index is 261. The molecule has 0 aromatic heterocycles. The van der Waals surface area contributed by atoms with Crippen LogP contribution in [-0.2, 0) is 0 Å². The van der Waals surface area contributed by atoms with Crippen LogP contribution in [0.4, 0.5) is 0 Å². The summed E-state index contributed by atoms with van der Waals surface area (Å²) in [6.45, 7) is 6.37. The van der Waals surface area contributed by atoms with Crippen molar-refractivity contribution in [1.82, 2.24) is 5.73 Å². The lowest BCUT2D eigenvalue weighted by Gasteiger charge is -2.09. The lowest BCUT2D eigenvalue weighted by Crippen LogP contribution is -2.14. The molecule has 1 aromatic rings. The highest BCUT2D eigenvalue weighted by Gasteiger charge is 1.99. The molecule has 0 spiro atoms. The maximum atomic E-state index is 7.31. The Morgan fingerprint density at radius 1 is 1.23 bits per heavy atom. The molecule has 1 rings (SSSR count). The van der Waals surface area contributed by atoms with Crippen molar-refractivity contribution in [3.63, 3.8) is 0 Å². The highest BCUT2D eigenvalue weighted by molar-refractivity contribution is 5.32. The van der Waals surface area contributed by atoms with Crippen molar-refractivity contribution in [2.75, 3.05) is 6.61 Å². The van der Waals surface area contributed by atoms with Crippen molar-refractivity contribution >= 4 is 0 Å². The lowest BCUT2D eigenvalue weighted by molar-refractivity contribution is 0.293. The van der Waals surface area contributed by atoms with E-state index in [4.69, 9.17) is 10.5 Å². The van der Waals surface area contributed by atoms with Crippen LogP contribution < -0.4 is 10.5 Å². The third-order valence-corrected chi connectivity index (χ3v) is 1.70. The Morgan fingerprint density at radius 3 is 2.23 bits per heavy atom. The molecule has 0 saturated heterocycles. The first-order chi connectivity index (χ1) is 6.08. The van der Waals surface area contributed by atoms with Crippen LogP contribution in [-0.4, -0.2) is 12.6 Å². The molecule has 0 unspecified atom stereocenters. The fourth-order valence-corrected chi connectivity index (χ4v) is 1.24. The summed E-state index contributed by atoms with van der Waals surface area (Å²) in [7, 11) is 0. The van der Waals surface area contributed by atoms with Crippen LogP contribution in [0.15, 0.2) is 18.2 Å². The maximum Gasteiger partial charge on any atom is 0.119 e. The first kappa shape index (κ1) is 10.1. The first-order valence-corrected chi connectivity index (χ1v) is 4.50. The number of rotatable bonds is 3. The monoisotopic (exact) mass is 178 g/mol. The number of hydrogen-bond acceptors (Lipinski definition) is 1. The number of nitrogens with one attached hydrogen (secondary N) is 1. The van der Waals surface area contributed by atoms with Gasteiger partial charge in [-0.05, 0) is 44.0 Å². The van der Waals surface area contributed by atoms with Crippen LogP contribution in [0.5, 0.6) is 5.75 Å². The minimum absolute atomic E-state index is 0.166. The van der Waals surface area contributed by atoms with Gasteiger partial charge in [-0.15, -0.1) is 0 Å². The molecule has 1 aromatic carbocycles. The molecule has 13 heavy (non-hydrogen) atoms. The van der Waals surface area contributed by atoms with Gasteiger partial charge in [0.25, 0.3) is 0 Å².